The lowest BCUT2D eigenvalue weighted by atomic mass is 10.5. The number of hydroxylamine groups is 3. The van der Waals surface area contributed by atoms with Gasteiger partial charge in [-0.05, 0) is 6.42 Å². The summed E-state index contributed by atoms with van der Waals surface area (Å²) in [7, 11) is 3.53. The van der Waals surface area contributed by atoms with Gasteiger partial charge in [0.05, 0.1) is 14.1 Å². The zero-order valence-corrected chi connectivity index (χ0v) is 5.76. The van der Waals surface area contributed by atoms with Crippen molar-refractivity contribution < 1.29 is 15.3 Å². The van der Waals surface area contributed by atoms with Gasteiger partial charge in [0.1, 0.15) is 6.54 Å². The lowest BCUT2D eigenvalue weighted by molar-refractivity contribution is -1.07. The molecule has 0 heterocycles. The number of hydrogen-bond acceptors (Lipinski definition) is 2. The molecular formula is C5H15NO2. The lowest BCUT2D eigenvalue weighted by Gasteiger charge is -2.17. The van der Waals surface area contributed by atoms with Crippen LogP contribution in [0.5, 0.6) is 0 Å². The molecule has 2 N–H and O–H groups in total. The van der Waals surface area contributed by atoms with Gasteiger partial charge in [0.25, 0.3) is 0 Å². The minimum absolute atomic E-state index is 0. The zero-order chi connectivity index (χ0) is 5.91. The monoisotopic (exact) mass is 121 g/mol. The molecule has 0 aliphatic heterocycles. The van der Waals surface area contributed by atoms with Gasteiger partial charge in [-0.3, -0.25) is 0 Å². The third-order valence-corrected chi connectivity index (χ3v) is 0.771. The van der Waals surface area contributed by atoms with Crippen molar-refractivity contribution in [3.63, 3.8) is 0 Å². The molecule has 0 spiro atoms. The lowest BCUT2D eigenvalue weighted by Crippen LogP contribution is -2.35. The standard InChI is InChI=1S/C5H14NO.H2O/c1-4-5-6(2,3)7;/h7H,4-5H2,1-3H3;1H2/q+1;/p-1. The van der Waals surface area contributed by atoms with Crippen LogP contribution < -0.4 is 0 Å². The quantitative estimate of drug-likeness (QED) is 0.431. The van der Waals surface area contributed by atoms with E-state index in [1.165, 1.54) is 0 Å². The van der Waals surface area contributed by atoms with E-state index in [2.05, 4.69) is 6.92 Å². The van der Waals surface area contributed by atoms with Gasteiger partial charge in [-0.1, -0.05) is 6.92 Å². The second-order valence-corrected chi connectivity index (χ2v) is 2.34. The zero-order valence-electron chi connectivity index (χ0n) is 5.76. The smallest absolute Gasteiger partial charge is 0.108 e. The molecule has 0 aliphatic carbocycles. The Bertz CT molecular complexity index is 48.9. The van der Waals surface area contributed by atoms with Crippen LogP contribution in [0.15, 0.2) is 0 Å². The van der Waals surface area contributed by atoms with E-state index in [0.29, 0.717) is 0 Å². The molecule has 0 saturated carbocycles. The van der Waals surface area contributed by atoms with E-state index in [4.69, 9.17) is 5.21 Å². The van der Waals surface area contributed by atoms with Gasteiger partial charge in [-0.25, -0.2) is 5.21 Å². The van der Waals surface area contributed by atoms with E-state index in [1.54, 1.807) is 14.1 Å². The number of nitrogens with zero attached hydrogens (tertiary/aromatic N) is 1. The van der Waals surface area contributed by atoms with Crippen molar-refractivity contribution in [1.82, 2.24) is 0 Å². The predicted molar refractivity (Wildman–Crippen MR) is 31.0 cm³/mol. The van der Waals surface area contributed by atoms with Crippen molar-refractivity contribution in [2.75, 3.05) is 20.6 Å². The normalized spacial score (nSPS) is 10.5. The minimum Gasteiger partial charge on any atom is -0.870 e. The van der Waals surface area contributed by atoms with Gasteiger partial charge in [0.2, 0.25) is 0 Å². The molecule has 0 fully saturated rings. The van der Waals surface area contributed by atoms with Gasteiger partial charge < -0.3 is 5.48 Å². The molecule has 8 heavy (non-hydrogen) atoms. The van der Waals surface area contributed by atoms with E-state index in [-0.39, 0.29) is 10.1 Å². The van der Waals surface area contributed by atoms with Crippen molar-refractivity contribution in [3.8, 4) is 0 Å². The summed E-state index contributed by atoms with van der Waals surface area (Å²) >= 11 is 0. The summed E-state index contributed by atoms with van der Waals surface area (Å²) in [6, 6.07) is 0. The van der Waals surface area contributed by atoms with Crippen LogP contribution in [0.4, 0.5) is 0 Å². The first kappa shape index (κ1) is 10.8. The summed E-state index contributed by atoms with van der Waals surface area (Å²) in [5.41, 5.74) is 0. The van der Waals surface area contributed by atoms with E-state index >= 15 is 0 Å². The number of hydrogen-bond donors (Lipinski definition) is 1. The third kappa shape index (κ3) is 9.30. The van der Waals surface area contributed by atoms with E-state index < -0.39 is 0 Å². The molecule has 0 unspecified atom stereocenters. The highest BCUT2D eigenvalue weighted by molar-refractivity contribution is 4.16. The first-order valence-electron chi connectivity index (χ1n) is 2.62. The average Bonchev–Trinajstić information content (AvgIpc) is 1.30. The van der Waals surface area contributed by atoms with Crippen molar-refractivity contribution in [3.05, 3.63) is 0 Å². The summed E-state index contributed by atoms with van der Waals surface area (Å²) in [5, 5.41) is 8.96. The summed E-state index contributed by atoms with van der Waals surface area (Å²) in [6.07, 6.45) is 1.03. The Morgan fingerprint density at radius 3 is 1.75 bits per heavy atom. The Hall–Kier alpha value is -0.120. The van der Waals surface area contributed by atoms with Gasteiger partial charge >= 0.3 is 0 Å². The van der Waals surface area contributed by atoms with Crippen LogP contribution in [0.3, 0.4) is 0 Å². The van der Waals surface area contributed by atoms with E-state index in [1.807, 2.05) is 0 Å². The molecule has 0 amide bonds. The molecule has 0 atom stereocenters. The first-order chi connectivity index (χ1) is 3.06. The predicted octanol–water partition coefficient (Wildman–Crippen LogP) is 0.685. The van der Waals surface area contributed by atoms with Crippen molar-refractivity contribution in [2.45, 2.75) is 13.3 Å². The molecule has 0 rings (SSSR count). The highest BCUT2D eigenvalue weighted by atomic mass is 16.5. The summed E-state index contributed by atoms with van der Waals surface area (Å²) < 4.78 is 0.0938. The van der Waals surface area contributed by atoms with Crippen LogP contribution in [0.25, 0.3) is 0 Å². The summed E-state index contributed by atoms with van der Waals surface area (Å²) in [4.78, 5) is 0. The molecule has 0 aromatic rings. The highest BCUT2D eigenvalue weighted by Gasteiger charge is 2.05. The molecule has 0 bridgehead atoms. The second kappa shape index (κ2) is 3.83. The highest BCUT2D eigenvalue weighted by Crippen LogP contribution is 1.89. The maximum atomic E-state index is 8.96. The number of quaternary nitrogens is 1. The van der Waals surface area contributed by atoms with E-state index in [0.717, 1.165) is 13.0 Å². The molecule has 52 valence electrons. The maximum Gasteiger partial charge on any atom is 0.108 e. The maximum absolute atomic E-state index is 8.96. The SMILES string of the molecule is CCC[N+](C)(C)O.[OH-]. The Morgan fingerprint density at radius 1 is 1.38 bits per heavy atom. The van der Waals surface area contributed by atoms with Crippen LogP contribution in [-0.2, 0) is 0 Å². The molecule has 3 heteroatoms. The minimum atomic E-state index is 0. The summed E-state index contributed by atoms with van der Waals surface area (Å²) in [5.74, 6) is 0. The fourth-order valence-electron chi connectivity index (χ4n) is 0.547. The molecule has 0 saturated heterocycles. The molecular weight excluding hydrogens is 106 g/mol. The van der Waals surface area contributed by atoms with Gasteiger partial charge in [-0.15, -0.1) is 0 Å². The molecule has 3 nitrogen and oxygen atoms in total. The average molecular weight is 121 g/mol. The topological polar surface area (TPSA) is 50.2 Å². The third-order valence-electron chi connectivity index (χ3n) is 0.771. The fourth-order valence-corrected chi connectivity index (χ4v) is 0.547. The van der Waals surface area contributed by atoms with Gasteiger partial charge in [0, 0.05) is 0 Å². The van der Waals surface area contributed by atoms with Gasteiger partial charge in [0.15, 0.2) is 0 Å². The van der Waals surface area contributed by atoms with Crippen LogP contribution in [0.1, 0.15) is 13.3 Å². The Labute approximate surface area is 50.4 Å². The van der Waals surface area contributed by atoms with Crippen molar-refractivity contribution in [1.29, 1.82) is 0 Å². The van der Waals surface area contributed by atoms with Gasteiger partial charge in [-0.2, -0.15) is 4.65 Å². The Balaban J connectivity index is 0. The Morgan fingerprint density at radius 2 is 1.75 bits per heavy atom. The fraction of sp³-hybridized carbons (Fsp3) is 1.00. The van der Waals surface area contributed by atoms with Crippen LogP contribution >= 0.6 is 0 Å². The molecule has 0 aromatic carbocycles. The molecule has 0 aliphatic rings. The van der Waals surface area contributed by atoms with Crippen molar-refractivity contribution >= 4 is 0 Å². The summed E-state index contributed by atoms with van der Waals surface area (Å²) in [6.45, 7) is 2.89. The van der Waals surface area contributed by atoms with Crippen LogP contribution in [-0.4, -0.2) is 36.0 Å². The van der Waals surface area contributed by atoms with Crippen LogP contribution in [0, 0.1) is 0 Å². The largest absolute Gasteiger partial charge is 0.870 e. The molecule has 0 aromatic heterocycles. The van der Waals surface area contributed by atoms with Crippen molar-refractivity contribution in [2.24, 2.45) is 0 Å². The van der Waals surface area contributed by atoms with E-state index in [9.17, 15) is 0 Å². The Kier molecular flexibility index (Phi) is 5.17. The second-order valence-electron chi connectivity index (χ2n) is 2.34. The first-order valence-corrected chi connectivity index (χ1v) is 2.62. The van der Waals surface area contributed by atoms with Crippen LogP contribution in [0.2, 0.25) is 0 Å². The number of rotatable bonds is 2. The molecule has 0 radical (unpaired) electrons.